The Bertz CT molecular complexity index is 1660. The third-order valence-electron chi connectivity index (χ3n) is 7.31. The summed E-state index contributed by atoms with van der Waals surface area (Å²) in [6.07, 6.45) is 10.4. The second-order valence-electron chi connectivity index (χ2n) is 10.9. The lowest BCUT2D eigenvalue weighted by Gasteiger charge is -2.10. The minimum absolute atomic E-state index is 0.976. The van der Waals surface area contributed by atoms with Gasteiger partial charge in [0.2, 0.25) is 0 Å². The first-order valence-electron chi connectivity index (χ1n) is 16.9. The first-order valence-corrected chi connectivity index (χ1v) is 16.9. The summed E-state index contributed by atoms with van der Waals surface area (Å²) in [7, 11) is 1.81. The van der Waals surface area contributed by atoms with Gasteiger partial charge in [0.1, 0.15) is 0 Å². The summed E-state index contributed by atoms with van der Waals surface area (Å²) in [6, 6.07) is 44.8. The van der Waals surface area contributed by atoms with Gasteiger partial charge in [-0.05, 0) is 92.0 Å². The van der Waals surface area contributed by atoms with Crippen LogP contribution in [-0.2, 0) is 12.8 Å². The smallest absolute Gasteiger partial charge is 0.0386 e. The lowest BCUT2D eigenvalue weighted by Crippen LogP contribution is -1.96. The van der Waals surface area contributed by atoms with Crippen LogP contribution in [0.25, 0.3) is 12.2 Å². The van der Waals surface area contributed by atoms with Crippen molar-refractivity contribution in [2.24, 2.45) is 4.99 Å². The van der Waals surface area contributed by atoms with E-state index in [4.69, 9.17) is 0 Å². The van der Waals surface area contributed by atoms with Crippen LogP contribution in [0.15, 0.2) is 158 Å². The molecule has 5 aromatic rings. The average molecular weight is 636 g/mol. The second kappa shape index (κ2) is 25.1. The minimum atomic E-state index is 0.976. The van der Waals surface area contributed by atoms with E-state index in [0.717, 1.165) is 18.6 Å². The standard InChI is InChI=1S/C24H24.C10H12.C9H11N.C2H6.C2H4/c1-3-9-23-12-7-8-13-24(23)18-22-15-19(2)14-21(17-22)16-20-10-5-4-6-11-20;1-3-6-10-8-5-4-7-9(10)2;1-8(10-2)9-6-4-3-5-7-9;2*1-2/h3-15,17H,16,18H2,1-2H3;3-8H,1-2H3;3-7H,1-2H3;1-2H3;1-2H2/b9-3-;6-3-;;;. The molecule has 0 aliphatic carbocycles. The molecule has 0 radical (unpaired) electrons. The summed E-state index contributed by atoms with van der Waals surface area (Å²) in [4.78, 5) is 4.08. The normalized spacial score (nSPS) is 10.4. The van der Waals surface area contributed by atoms with Crippen LogP contribution in [0.4, 0.5) is 0 Å². The molecule has 0 bridgehead atoms. The van der Waals surface area contributed by atoms with E-state index in [1.165, 1.54) is 50.1 Å². The number of hydrogen-bond acceptors (Lipinski definition) is 1. The number of benzene rings is 5. The number of allylic oxidation sites excluding steroid dienone is 2. The molecule has 0 unspecified atom stereocenters. The Balaban J connectivity index is 0.000000397. The van der Waals surface area contributed by atoms with E-state index in [0.29, 0.717) is 0 Å². The van der Waals surface area contributed by atoms with Crippen LogP contribution in [-0.4, -0.2) is 12.8 Å². The van der Waals surface area contributed by atoms with Gasteiger partial charge in [0.05, 0.1) is 0 Å². The summed E-state index contributed by atoms with van der Waals surface area (Å²) in [6.45, 7) is 20.4. The summed E-state index contributed by atoms with van der Waals surface area (Å²) in [5, 5.41) is 0. The van der Waals surface area contributed by atoms with Crippen molar-refractivity contribution in [3.05, 3.63) is 203 Å². The molecule has 0 N–H and O–H groups in total. The molecule has 0 fully saturated rings. The van der Waals surface area contributed by atoms with Gasteiger partial charge in [0, 0.05) is 12.8 Å². The Morgan fingerprint density at radius 1 is 0.583 bits per heavy atom. The van der Waals surface area contributed by atoms with E-state index in [1.807, 2.05) is 52.9 Å². The zero-order chi connectivity index (χ0) is 35.6. The molecule has 1 heteroatoms. The molecule has 0 atom stereocenters. The number of aryl methyl sites for hydroxylation is 2. The zero-order valence-corrected chi connectivity index (χ0v) is 30.7. The molecule has 1 nitrogen and oxygen atoms in total. The maximum Gasteiger partial charge on any atom is 0.0386 e. The van der Waals surface area contributed by atoms with E-state index in [1.54, 1.807) is 0 Å². The molecule has 48 heavy (non-hydrogen) atoms. The fraction of sp³-hybridized carbons (Fsp3) is 0.213. The average Bonchev–Trinajstić information content (AvgIpc) is 3.13. The fourth-order valence-corrected chi connectivity index (χ4v) is 5.00. The van der Waals surface area contributed by atoms with E-state index in [-0.39, 0.29) is 0 Å². The summed E-state index contributed by atoms with van der Waals surface area (Å²) >= 11 is 0. The molecule has 0 saturated heterocycles. The van der Waals surface area contributed by atoms with Crippen molar-refractivity contribution in [2.45, 2.75) is 61.3 Å². The monoisotopic (exact) mass is 635 g/mol. The van der Waals surface area contributed by atoms with E-state index < -0.39 is 0 Å². The van der Waals surface area contributed by atoms with Gasteiger partial charge < -0.3 is 0 Å². The molecule has 5 aromatic carbocycles. The van der Waals surface area contributed by atoms with Crippen LogP contribution in [0, 0.1) is 13.8 Å². The summed E-state index contributed by atoms with van der Waals surface area (Å²) in [5.74, 6) is 0. The third kappa shape index (κ3) is 15.5. The first-order chi connectivity index (χ1) is 23.4. The largest absolute Gasteiger partial charge is 0.293 e. The molecular weight excluding hydrogens is 579 g/mol. The van der Waals surface area contributed by atoms with Crippen LogP contribution >= 0.6 is 0 Å². The second-order valence-corrected chi connectivity index (χ2v) is 10.9. The van der Waals surface area contributed by atoms with Crippen LogP contribution in [0.5, 0.6) is 0 Å². The van der Waals surface area contributed by atoms with E-state index in [9.17, 15) is 0 Å². The molecule has 0 amide bonds. The van der Waals surface area contributed by atoms with Crippen molar-refractivity contribution >= 4 is 17.9 Å². The Morgan fingerprint density at radius 3 is 1.62 bits per heavy atom. The van der Waals surface area contributed by atoms with Crippen molar-refractivity contribution in [3.63, 3.8) is 0 Å². The molecule has 250 valence electrons. The van der Waals surface area contributed by atoms with Crippen LogP contribution in [0.1, 0.15) is 84.7 Å². The van der Waals surface area contributed by atoms with Crippen molar-refractivity contribution in [3.8, 4) is 0 Å². The molecule has 5 rings (SSSR count). The van der Waals surface area contributed by atoms with Crippen LogP contribution in [0.2, 0.25) is 0 Å². The molecule has 0 aromatic heterocycles. The minimum Gasteiger partial charge on any atom is -0.293 e. The maximum absolute atomic E-state index is 4.08. The highest BCUT2D eigenvalue weighted by atomic mass is 14.7. The van der Waals surface area contributed by atoms with Gasteiger partial charge in [0.25, 0.3) is 0 Å². The van der Waals surface area contributed by atoms with Crippen molar-refractivity contribution in [1.29, 1.82) is 0 Å². The molecular formula is C47H57N. The van der Waals surface area contributed by atoms with Gasteiger partial charge in [-0.1, -0.05) is 171 Å². The summed E-state index contributed by atoms with van der Waals surface area (Å²) < 4.78 is 0. The summed E-state index contributed by atoms with van der Waals surface area (Å²) in [5.41, 5.74) is 13.1. The molecule has 0 heterocycles. The first kappa shape index (κ1) is 41.0. The Hall–Kier alpha value is -5.01. The van der Waals surface area contributed by atoms with Crippen molar-refractivity contribution in [2.75, 3.05) is 7.05 Å². The van der Waals surface area contributed by atoms with Gasteiger partial charge >= 0.3 is 0 Å². The van der Waals surface area contributed by atoms with Gasteiger partial charge in [-0.3, -0.25) is 4.99 Å². The van der Waals surface area contributed by atoms with Gasteiger partial charge in [-0.2, -0.15) is 0 Å². The quantitative estimate of drug-likeness (QED) is 0.125. The van der Waals surface area contributed by atoms with E-state index in [2.05, 4.69) is 172 Å². The molecule has 0 saturated carbocycles. The van der Waals surface area contributed by atoms with Crippen LogP contribution < -0.4 is 0 Å². The SMILES string of the molecule is C/C=C\c1ccccc1C.C/C=C\c1ccccc1Cc1cc(C)cc(Cc2ccccc2)c1.C=C.CC.CN=C(C)c1ccccc1. The predicted molar refractivity (Wildman–Crippen MR) is 217 cm³/mol. The van der Waals surface area contributed by atoms with E-state index >= 15 is 0 Å². The molecule has 0 aliphatic heterocycles. The highest BCUT2D eigenvalue weighted by molar-refractivity contribution is 5.98. The Morgan fingerprint density at radius 2 is 1.06 bits per heavy atom. The topological polar surface area (TPSA) is 12.4 Å². The Kier molecular flexibility index (Phi) is 21.5. The highest BCUT2D eigenvalue weighted by Crippen LogP contribution is 2.20. The van der Waals surface area contributed by atoms with Gasteiger partial charge in [0.15, 0.2) is 0 Å². The maximum atomic E-state index is 4.08. The van der Waals surface area contributed by atoms with Crippen molar-refractivity contribution < 1.29 is 0 Å². The van der Waals surface area contributed by atoms with Crippen LogP contribution in [0.3, 0.4) is 0 Å². The van der Waals surface area contributed by atoms with Gasteiger partial charge in [-0.15, -0.1) is 13.2 Å². The predicted octanol–water partition coefficient (Wildman–Crippen LogP) is 13.2. The molecule has 0 spiro atoms. The Labute approximate surface area is 293 Å². The van der Waals surface area contributed by atoms with Gasteiger partial charge in [-0.25, -0.2) is 0 Å². The zero-order valence-electron chi connectivity index (χ0n) is 30.7. The fourth-order valence-electron chi connectivity index (χ4n) is 5.00. The lowest BCUT2D eigenvalue weighted by atomic mass is 9.95. The number of rotatable bonds is 7. The lowest BCUT2D eigenvalue weighted by molar-refractivity contribution is 1.12. The third-order valence-corrected chi connectivity index (χ3v) is 7.31. The number of aliphatic imine (C=N–C) groups is 1. The highest BCUT2D eigenvalue weighted by Gasteiger charge is 2.04. The van der Waals surface area contributed by atoms with Crippen molar-refractivity contribution in [1.82, 2.24) is 0 Å². The number of hydrogen-bond donors (Lipinski definition) is 0. The number of nitrogens with zero attached hydrogens (tertiary/aromatic N) is 1. The molecule has 0 aliphatic rings.